The number of nitrogens with zero attached hydrogens (tertiary/aromatic N) is 3. The van der Waals surface area contributed by atoms with E-state index >= 15 is 0 Å². The fourth-order valence-corrected chi connectivity index (χ4v) is 6.45. The maximum Gasteiger partial charge on any atom is 0.335 e. The van der Waals surface area contributed by atoms with Crippen LogP contribution in [0.3, 0.4) is 0 Å². The lowest BCUT2D eigenvalue weighted by Gasteiger charge is -2.19. The molecule has 2 aromatic heterocycles. The summed E-state index contributed by atoms with van der Waals surface area (Å²) in [5, 5.41) is 15.5. The van der Waals surface area contributed by atoms with Crippen LogP contribution in [0.2, 0.25) is 0 Å². The van der Waals surface area contributed by atoms with E-state index in [2.05, 4.69) is 44.1 Å². The normalized spacial score (nSPS) is 24.1. The molecule has 0 spiro atoms. The number of carbonyl (C=O) groups is 1. The highest BCUT2D eigenvalue weighted by molar-refractivity contribution is 7.84. The van der Waals surface area contributed by atoms with E-state index in [-0.39, 0.29) is 30.7 Å². The van der Waals surface area contributed by atoms with Crippen LogP contribution in [0.15, 0.2) is 48.2 Å². The van der Waals surface area contributed by atoms with Crippen molar-refractivity contribution in [1.29, 1.82) is 0 Å². The van der Waals surface area contributed by atoms with Crippen molar-refractivity contribution in [3.05, 3.63) is 75.4 Å². The van der Waals surface area contributed by atoms with Gasteiger partial charge in [-0.05, 0) is 48.0 Å². The van der Waals surface area contributed by atoms with Crippen molar-refractivity contribution >= 4 is 33.2 Å². The molecule has 1 saturated carbocycles. The van der Waals surface area contributed by atoms with Crippen molar-refractivity contribution in [1.82, 2.24) is 19.6 Å². The quantitative estimate of drug-likeness (QED) is 0.375. The number of aliphatic hydroxyl groups excluding tert-OH is 1. The minimum absolute atomic E-state index is 0.0921. The predicted octanol–water partition coefficient (Wildman–Crippen LogP) is 2.09. The van der Waals surface area contributed by atoms with Crippen LogP contribution in [0, 0.1) is 0 Å². The first-order valence-electron chi connectivity index (χ1n) is 11.5. The smallest absolute Gasteiger partial charge is 0.335 e. The number of benzene rings is 1. The lowest BCUT2D eigenvalue weighted by Crippen LogP contribution is -2.31. The summed E-state index contributed by atoms with van der Waals surface area (Å²) >= 11 is 1.38. The first kappa shape index (κ1) is 24.9. The van der Waals surface area contributed by atoms with Crippen LogP contribution < -0.4 is 10.0 Å². The lowest BCUT2D eigenvalue weighted by molar-refractivity contribution is 0.0636. The Kier molecular flexibility index (Phi) is 6.90. The minimum atomic E-state index is -3.94. The zero-order valence-corrected chi connectivity index (χ0v) is 21.4. The molecule has 0 saturated heterocycles. The number of hydrogen-bond donors (Lipinski definition) is 3. The van der Waals surface area contributed by atoms with E-state index in [1.165, 1.54) is 42.0 Å². The standard InChI is InChI=1S/C24H27N5O5S2/c1-25-36(32,33)34-20-9-16(8-19(20)30)28-24-18(10-26-13-27-24)23(31)21-7-15(12-35-21)22-17-6-4-3-5-14(17)11-29(22)2/h3-7,10,12-13,16,19-20,22,25,30H,8-9,11H2,1-2H3,(H,26,27,28)/t16-,19+,20-,22-/m1/s1. The highest BCUT2D eigenvalue weighted by Crippen LogP contribution is 2.39. The Morgan fingerprint density at radius 2 is 2.08 bits per heavy atom. The van der Waals surface area contributed by atoms with E-state index in [0.29, 0.717) is 16.3 Å². The number of fused-ring (bicyclic) bond motifs is 1. The van der Waals surface area contributed by atoms with Crippen LogP contribution in [0.5, 0.6) is 0 Å². The number of anilines is 1. The van der Waals surface area contributed by atoms with Crippen molar-refractivity contribution < 1.29 is 22.5 Å². The Morgan fingerprint density at radius 3 is 2.89 bits per heavy atom. The van der Waals surface area contributed by atoms with E-state index in [1.54, 1.807) is 0 Å². The number of ketones is 1. The van der Waals surface area contributed by atoms with E-state index in [1.807, 2.05) is 23.6 Å². The first-order valence-corrected chi connectivity index (χ1v) is 13.8. The fourth-order valence-electron chi connectivity index (χ4n) is 4.94. The Hall–Kier alpha value is -2.74. The van der Waals surface area contributed by atoms with E-state index in [9.17, 15) is 18.3 Å². The van der Waals surface area contributed by atoms with Crippen molar-refractivity contribution in [3.63, 3.8) is 0 Å². The van der Waals surface area contributed by atoms with Crippen LogP contribution in [0.1, 0.15) is 50.8 Å². The second-order valence-corrected chi connectivity index (χ2v) is 11.5. The van der Waals surface area contributed by atoms with Crippen LogP contribution in [0.25, 0.3) is 0 Å². The molecule has 0 amide bonds. The monoisotopic (exact) mass is 529 g/mol. The van der Waals surface area contributed by atoms with Crippen LogP contribution >= 0.6 is 11.3 Å². The summed E-state index contributed by atoms with van der Waals surface area (Å²) in [6.45, 7) is 0.855. The number of nitrogens with one attached hydrogen (secondary N) is 2. The van der Waals surface area contributed by atoms with Gasteiger partial charge >= 0.3 is 10.3 Å². The van der Waals surface area contributed by atoms with Crippen molar-refractivity contribution in [3.8, 4) is 0 Å². The molecule has 36 heavy (non-hydrogen) atoms. The molecule has 12 heteroatoms. The van der Waals surface area contributed by atoms with Gasteiger partial charge in [0.05, 0.1) is 22.6 Å². The fraction of sp³-hybridized carbons (Fsp3) is 0.375. The molecule has 2 aliphatic rings. The van der Waals surface area contributed by atoms with E-state index in [4.69, 9.17) is 4.18 Å². The molecule has 3 N–H and O–H groups in total. The molecule has 1 fully saturated rings. The van der Waals surface area contributed by atoms with Crippen LogP contribution in [-0.2, 0) is 21.0 Å². The summed E-state index contributed by atoms with van der Waals surface area (Å²) in [6.07, 6.45) is 1.42. The van der Waals surface area contributed by atoms with Gasteiger partial charge in [0, 0.05) is 25.8 Å². The molecule has 1 aromatic carbocycles. The highest BCUT2D eigenvalue weighted by atomic mass is 32.2. The average molecular weight is 530 g/mol. The van der Waals surface area contributed by atoms with Gasteiger partial charge in [-0.3, -0.25) is 13.9 Å². The second-order valence-electron chi connectivity index (χ2n) is 9.05. The number of carbonyl (C=O) groups excluding carboxylic acids is 1. The molecule has 190 valence electrons. The van der Waals surface area contributed by atoms with E-state index in [0.717, 1.165) is 12.1 Å². The Morgan fingerprint density at radius 1 is 1.28 bits per heavy atom. The van der Waals surface area contributed by atoms with Gasteiger partial charge in [0.15, 0.2) is 0 Å². The molecule has 3 heterocycles. The van der Waals surface area contributed by atoms with Crippen molar-refractivity contribution in [2.75, 3.05) is 19.4 Å². The topological polar surface area (TPSA) is 134 Å². The number of rotatable bonds is 8. The SMILES string of the molecule is CNS(=O)(=O)O[C@@H]1C[C@H](Nc2ncncc2C(=O)c2cc([C@@H]3c4ccccc4CN3C)cs2)C[C@@H]1O. The summed E-state index contributed by atoms with van der Waals surface area (Å²) in [5.41, 5.74) is 3.91. The molecule has 0 bridgehead atoms. The molecule has 1 aliphatic heterocycles. The zero-order chi connectivity index (χ0) is 25.4. The molecule has 4 atom stereocenters. The Bertz CT molecular complexity index is 1380. The molecular formula is C24H27N5O5S2. The second kappa shape index (κ2) is 9.96. The summed E-state index contributed by atoms with van der Waals surface area (Å²) in [4.78, 5) is 24.6. The zero-order valence-electron chi connectivity index (χ0n) is 19.8. The molecular weight excluding hydrogens is 502 g/mol. The van der Waals surface area contributed by atoms with Gasteiger partial charge in [-0.15, -0.1) is 11.3 Å². The van der Waals surface area contributed by atoms with Gasteiger partial charge in [-0.2, -0.15) is 13.1 Å². The maximum atomic E-state index is 13.5. The third-order valence-electron chi connectivity index (χ3n) is 6.64. The largest absolute Gasteiger partial charge is 0.390 e. The Balaban J connectivity index is 1.33. The molecule has 3 aromatic rings. The number of aromatic nitrogens is 2. The maximum absolute atomic E-state index is 13.5. The average Bonchev–Trinajstić information content (AvgIpc) is 3.55. The van der Waals surface area contributed by atoms with Crippen molar-refractivity contribution in [2.24, 2.45) is 0 Å². The minimum Gasteiger partial charge on any atom is -0.390 e. The van der Waals surface area contributed by atoms with Gasteiger partial charge in [-0.25, -0.2) is 9.97 Å². The first-order chi connectivity index (χ1) is 17.3. The number of aliphatic hydroxyl groups is 1. The lowest BCUT2D eigenvalue weighted by atomic mass is 9.99. The van der Waals surface area contributed by atoms with Gasteiger partial charge < -0.3 is 10.4 Å². The third-order valence-corrected chi connectivity index (χ3v) is 8.59. The van der Waals surface area contributed by atoms with Crippen LogP contribution in [-0.4, -0.2) is 66.5 Å². The molecule has 1 aliphatic carbocycles. The highest BCUT2D eigenvalue weighted by Gasteiger charge is 2.37. The van der Waals surface area contributed by atoms with E-state index < -0.39 is 22.5 Å². The molecule has 5 rings (SSSR count). The summed E-state index contributed by atoms with van der Waals surface area (Å²) in [6, 6.07) is 10.0. The van der Waals surface area contributed by atoms with Gasteiger partial charge in [0.1, 0.15) is 18.2 Å². The van der Waals surface area contributed by atoms with Crippen molar-refractivity contribution in [2.45, 2.75) is 43.7 Å². The number of hydrogen-bond acceptors (Lipinski definition) is 10. The van der Waals surface area contributed by atoms with Gasteiger partial charge in [0.25, 0.3) is 0 Å². The predicted molar refractivity (Wildman–Crippen MR) is 135 cm³/mol. The Labute approximate surface area is 213 Å². The molecule has 0 radical (unpaired) electrons. The van der Waals surface area contributed by atoms with Gasteiger partial charge in [-0.1, -0.05) is 24.3 Å². The number of thiophene rings is 1. The molecule has 10 nitrogen and oxygen atoms in total. The van der Waals surface area contributed by atoms with Crippen LogP contribution in [0.4, 0.5) is 5.82 Å². The summed E-state index contributed by atoms with van der Waals surface area (Å²) in [7, 11) is -0.621. The third kappa shape index (κ3) is 4.92. The summed E-state index contributed by atoms with van der Waals surface area (Å²) < 4.78 is 30.5. The molecule has 0 unspecified atom stereocenters. The van der Waals surface area contributed by atoms with Gasteiger partial charge in [0.2, 0.25) is 5.78 Å². The summed E-state index contributed by atoms with van der Waals surface area (Å²) in [5.74, 6) is 0.134.